The van der Waals surface area contributed by atoms with Crippen LogP contribution >= 0.6 is 0 Å². The molecule has 0 unspecified atom stereocenters. The quantitative estimate of drug-likeness (QED) is 0.127. The van der Waals surface area contributed by atoms with Crippen molar-refractivity contribution in [1.29, 1.82) is 0 Å². The molecule has 0 fully saturated rings. The Labute approximate surface area is 211 Å². The smallest absolute Gasteiger partial charge is 0.343 e. The fourth-order valence-electron chi connectivity index (χ4n) is 4.21. The molecule has 0 saturated heterocycles. The summed E-state index contributed by atoms with van der Waals surface area (Å²) in [5.74, 6) is 0.174. The first-order chi connectivity index (χ1) is 17.2. The number of ether oxygens (including phenoxy) is 1. The van der Waals surface area contributed by atoms with Gasteiger partial charge in [0, 0.05) is 11.8 Å². The molecule has 4 nitrogen and oxygen atoms in total. The Morgan fingerprint density at radius 2 is 1.34 bits per heavy atom. The van der Waals surface area contributed by atoms with Crippen LogP contribution in [0.4, 0.5) is 0 Å². The van der Waals surface area contributed by atoms with Crippen molar-refractivity contribution in [2.45, 2.75) is 90.9 Å². The van der Waals surface area contributed by atoms with E-state index in [0.29, 0.717) is 11.3 Å². The van der Waals surface area contributed by atoms with E-state index in [9.17, 15) is 4.79 Å². The summed E-state index contributed by atoms with van der Waals surface area (Å²) in [4.78, 5) is 21.6. The van der Waals surface area contributed by atoms with Crippen LogP contribution in [0.5, 0.6) is 5.75 Å². The Morgan fingerprint density at radius 1 is 0.686 bits per heavy atom. The van der Waals surface area contributed by atoms with Crippen LogP contribution in [0.3, 0.4) is 0 Å². The number of rotatable bonds is 15. The molecule has 3 rings (SSSR count). The van der Waals surface area contributed by atoms with Gasteiger partial charge in [-0.15, -0.1) is 0 Å². The molecule has 4 heteroatoms. The molecule has 1 aromatic heterocycles. The summed E-state index contributed by atoms with van der Waals surface area (Å²) in [6.07, 6.45) is 18.7. The molecule has 0 amide bonds. The Balaban J connectivity index is 1.41. The highest BCUT2D eigenvalue weighted by molar-refractivity contribution is 5.91. The minimum atomic E-state index is -0.346. The molecule has 1 heterocycles. The third-order valence-electron chi connectivity index (χ3n) is 6.33. The first-order valence-corrected chi connectivity index (χ1v) is 13.4. The molecule has 0 saturated carbocycles. The minimum absolute atomic E-state index is 0.346. The van der Waals surface area contributed by atoms with Gasteiger partial charge in [-0.3, -0.25) is 9.97 Å². The van der Waals surface area contributed by atoms with E-state index in [4.69, 9.17) is 4.74 Å². The second-order valence-corrected chi connectivity index (χ2v) is 9.33. The van der Waals surface area contributed by atoms with E-state index in [1.54, 1.807) is 12.1 Å². The molecule has 0 aliphatic rings. The maximum absolute atomic E-state index is 12.4. The van der Waals surface area contributed by atoms with E-state index >= 15 is 0 Å². The molecule has 186 valence electrons. The SMILES string of the molecule is CCCCCCCCCCCc1cnc(-c2ccc(OC(=O)c3ccc(CCC)cc3)cc2)cn1. The predicted octanol–water partition coefficient (Wildman–Crippen LogP) is 8.39. The van der Waals surface area contributed by atoms with Gasteiger partial charge < -0.3 is 4.74 Å². The van der Waals surface area contributed by atoms with Crippen molar-refractivity contribution in [2.24, 2.45) is 0 Å². The lowest BCUT2D eigenvalue weighted by Crippen LogP contribution is -2.08. The fourth-order valence-corrected chi connectivity index (χ4v) is 4.21. The van der Waals surface area contributed by atoms with Crippen LogP contribution < -0.4 is 4.74 Å². The van der Waals surface area contributed by atoms with Crippen molar-refractivity contribution in [3.05, 3.63) is 77.7 Å². The van der Waals surface area contributed by atoms with E-state index in [1.807, 2.05) is 48.8 Å². The van der Waals surface area contributed by atoms with Gasteiger partial charge in [-0.25, -0.2) is 4.79 Å². The van der Waals surface area contributed by atoms with Gasteiger partial charge in [-0.2, -0.15) is 0 Å². The van der Waals surface area contributed by atoms with E-state index < -0.39 is 0 Å². The molecule has 2 aromatic carbocycles. The average molecular weight is 473 g/mol. The Morgan fingerprint density at radius 3 is 1.94 bits per heavy atom. The maximum Gasteiger partial charge on any atom is 0.343 e. The molecule has 35 heavy (non-hydrogen) atoms. The highest BCUT2D eigenvalue weighted by Crippen LogP contribution is 2.21. The first-order valence-electron chi connectivity index (χ1n) is 13.4. The van der Waals surface area contributed by atoms with Gasteiger partial charge >= 0.3 is 5.97 Å². The lowest BCUT2D eigenvalue weighted by molar-refractivity contribution is 0.0735. The van der Waals surface area contributed by atoms with Crippen LogP contribution in [0.25, 0.3) is 11.3 Å². The van der Waals surface area contributed by atoms with E-state index in [0.717, 1.165) is 36.2 Å². The van der Waals surface area contributed by atoms with Crippen LogP contribution in [0.15, 0.2) is 60.9 Å². The molecule has 0 atom stereocenters. The van der Waals surface area contributed by atoms with Crippen molar-refractivity contribution >= 4 is 5.97 Å². The van der Waals surface area contributed by atoms with Crippen LogP contribution in [-0.4, -0.2) is 15.9 Å². The van der Waals surface area contributed by atoms with Gasteiger partial charge in [0.25, 0.3) is 0 Å². The van der Waals surface area contributed by atoms with Crippen molar-refractivity contribution in [3.63, 3.8) is 0 Å². The molecule has 0 aliphatic carbocycles. The predicted molar refractivity (Wildman–Crippen MR) is 144 cm³/mol. The summed E-state index contributed by atoms with van der Waals surface area (Å²) in [6.45, 7) is 4.41. The summed E-state index contributed by atoms with van der Waals surface area (Å²) >= 11 is 0. The topological polar surface area (TPSA) is 52.1 Å². The van der Waals surface area contributed by atoms with Crippen molar-refractivity contribution in [2.75, 3.05) is 0 Å². The highest BCUT2D eigenvalue weighted by atomic mass is 16.5. The first kappa shape index (κ1) is 26.6. The zero-order chi connectivity index (χ0) is 24.7. The summed E-state index contributed by atoms with van der Waals surface area (Å²) in [6, 6.07) is 15.1. The van der Waals surface area contributed by atoms with Gasteiger partial charge in [-0.05, 0) is 61.2 Å². The monoisotopic (exact) mass is 472 g/mol. The Bertz CT molecular complexity index is 996. The zero-order valence-electron chi connectivity index (χ0n) is 21.5. The maximum atomic E-state index is 12.4. The Hall–Kier alpha value is -3.01. The number of carbonyl (C=O) groups is 1. The van der Waals surface area contributed by atoms with E-state index in [1.165, 1.54) is 63.4 Å². The standard InChI is InChI=1S/C31H40N2O2/c1-3-5-6-7-8-9-10-11-12-14-28-23-33-30(24-32-28)26-19-21-29(22-20-26)35-31(34)27-17-15-25(13-4-2)16-18-27/h15-24H,3-14H2,1-2H3. The number of esters is 1. The van der Waals surface area contributed by atoms with E-state index in [2.05, 4.69) is 23.8 Å². The molecule has 0 spiro atoms. The zero-order valence-corrected chi connectivity index (χ0v) is 21.5. The number of aromatic nitrogens is 2. The second-order valence-electron chi connectivity index (χ2n) is 9.33. The second kappa shape index (κ2) is 15.1. The minimum Gasteiger partial charge on any atom is -0.423 e. The van der Waals surface area contributed by atoms with Gasteiger partial charge in [0.1, 0.15) is 5.75 Å². The fraction of sp³-hybridized carbons (Fsp3) is 0.452. The van der Waals surface area contributed by atoms with Crippen molar-refractivity contribution < 1.29 is 9.53 Å². The van der Waals surface area contributed by atoms with Crippen LogP contribution in [0, 0.1) is 0 Å². The van der Waals surface area contributed by atoms with Crippen LogP contribution in [0.2, 0.25) is 0 Å². The summed E-state index contributed by atoms with van der Waals surface area (Å²) in [7, 11) is 0. The number of carbonyl (C=O) groups excluding carboxylic acids is 1. The van der Waals surface area contributed by atoms with Crippen molar-refractivity contribution in [3.8, 4) is 17.0 Å². The van der Waals surface area contributed by atoms with Gasteiger partial charge in [0.15, 0.2) is 0 Å². The largest absolute Gasteiger partial charge is 0.423 e. The summed E-state index contributed by atoms with van der Waals surface area (Å²) < 4.78 is 5.53. The van der Waals surface area contributed by atoms with Crippen LogP contribution in [-0.2, 0) is 12.8 Å². The third-order valence-corrected chi connectivity index (χ3v) is 6.33. The lowest BCUT2D eigenvalue weighted by Gasteiger charge is -2.07. The van der Waals surface area contributed by atoms with Crippen LogP contribution in [0.1, 0.15) is 99.7 Å². The highest BCUT2D eigenvalue weighted by Gasteiger charge is 2.09. The van der Waals surface area contributed by atoms with Crippen molar-refractivity contribution in [1.82, 2.24) is 9.97 Å². The summed E-state index contributed by atoms with van der Waals surface area (Å²) in [5.41, 5.74) is 4.62. The number of aryl methyl sites for hydroxylation is 2. The van der Waals surface area contributed by atoms with Gasteiger partial charge in [-0.1, -0.05) is 83.8 Å². The number of unbranched alkanes of at least 4 members (excludes halogenated alkanes) is 8. The number of hydrogen-bond donors (Lipinski definition) is 0. The molecular formula is C31H40N2O2. The summed E-state index contributed by atoms with van der Waals surface area (Å²) in [5, 5.41) is 0. The molecule has 0 bridgehead atoms. The molecular weight excluding hydrogens is 432 g/mol. The van der Waals surface area contributed by atoms with E-state index in [-0.39, 0.29) is 5.97 Å². The van der Waals surface area contributed by atoms with Gasteiger partial charge in [0.05, 0.1) is 23.1 Å². The molecule has 3 aromatic rings. The molecule has 0 aliphatic heterocycles. The number of nitrogens with zero attached hydrogens (tertiary/aromatic N) is 2. The lowest BCUT2D eigenvalue weighted by atomic mass is 10.1. The average Bonchev–Trinajstić information content (AvgIpc) is 2.89. The third kappa shape index (κ3) is 9.28. The number of hydrogen-bond acceptors (Lipinski definition) is 4. The van der Waals surface area contributed by atoms with Gasteiger partial charge in [0.2, 0.25) is 0 Å². The molecule has 0 N–H and O–H groups in total. The number of benzene rings is 2. The Kier molecular flexibility index (Phi) is 11.5. The normalized spacial score (nSPS) is 10.9. The molecule has 0 radical (unpaired) electrons.